The van der Waals surface area contributed by atoms with Gasteiger partial charge in [0.25, 0.3) is 0 Å². The molecule has 0 aliphatic heterocycles. The molecule has 1 unspecified atom stereocenters. The molecule has 3 heteroatoms. The van der Waals surface area contributed by atoms with Gasteiger partial charge in [0.2, 0.25) is 0 Å². The van der Waals surface area contributed by atoms with E-state index in [9.17, 15) is 4.79 Å². The fraction of sp³-hybridized carbons (Fsp3) is 0.167. The number of hydrogen-bond acceptors (Lipinski definition) is 3. The van der Waals surface area contributed by atoms with E-state index in [1.807, 2.05) is 30.3 Å². The van der Waals surface area contributed by atoms with Gasteiger partial charge in [0.15, 0.2) is 5.78 Å². The van der Waals surface area contributed by atoms with Crippen LogP contribution in [0.2, 0.25) is 0 Å². The Morgan fingerprint density at radius 3 is 2.43 bits per heavy atom. The zero-order chi connectivity index (χ0) is 15.1. The monoisotopic (exact) mass is 282 g/mol. The Bertz CT molecular complexity index is 598. The fourth-order valence-corrected chi connectivity index (χ4v) is 1.76. The lowest BCUT2D eigenvalue weighted by atomic mass is 10.1. The van der Waals surface area contributed by atoms with Crippen LogP contribution < -0.4 is 4.74 Å². The summed E-state index contributed by atoms with van der Waals surface area (Å²) >= 11 is 0. The van der Waals surface area contributed by atoms with Crippen LogP contribution in [0, 0.1) is 0 Å². The van der Waals surface area contributed by atoms with E-state index in [4.69, 9.17) is 9.84 Å². The largest absolute Gasteiger partial charge is 0.491 e. The molecule has 0 amide bonds. The molecule has 0 aromatic heterocycles. The first-order valence-electron chi connectivity index (χ1n) is 6.83. The Balaban J connectivity index is 1.98. The van der Waals surface area contributed by atoms with Gasteiger partial charge in [-0.25, -0.2) is 0 Å². The van der Waals surface area contributed by atoms with Crippen LogP contribution in [0.5, 0.6) is 5.75 Å². The summed E-state index contributed by atoms with van der Waals surface area (Å²) in [6.45, 7) is 1.90. The normalized spacial score (nSPS) is 12.3. The second kappa shape index (κ2) is 7.41. The minimum Gasteiger partial charge on any atom is -0.491 e. The van der Waals surface area contributed by atoms with Crippen molar-refractivity contribution in [2.75, 3.05) is 6.61 Å². The van der Waals surface area contributed by atoms with E-state index < -0.39 is 6.10 Å². The van der Waals surface area contributed by atoms with E-state index in [0.717, 1.165) is 5.56 Å². The molecule has 0 fully saturated rings. The SMILES string of the molecule is CC(O)COc1ccc(C(=O)C=Cc2ccccc2)cc1. The molecule has 21 heavy (non-hydrogen) atoms. The van der Waals surface area contributed by atoms with Gasteiger partial charge in [-0.1, -0.05) is 36.4 Å². The molecule has 0 spiro atoms. The predicted molar refractivity (Wildman–Crippen MR) is 83.4 cm³/mol. The Hall–Kier alpha value is -2.39. The molecule has 0 radical (unpaired) electrons. The number of aliphatic hydroxyl groups excluding tert-OH is 1. The Morgan fingerprint density at radius 1 is 1.14 bits per heavy atom. The lowest BCUT2D eigenvalue weighted by molar-refractivity contribution is 0.104. The number of carbonyl (C=O) groups is 1. The van der Waals surface area contributed by atoms with Gasteiger partial charge in [-0.15, -0.1) is 0 Å². The molecule has 2 aromatic rings. The zero-order valence-corrected chi connectivity index (χ0v) is 11.9. The van der Waals surface area contributed by atoms with Crippen molar-refractivity contribution in [2.45, 2.75) is 13.0 Å². The van der Waals surface area contributed by atoms with Crippen LogP contribution in [0.25, 0.3) is 6.08 Å². The zero-order valence-electron chi connectivity index (χ0n) is 11.9. The number of benzene rings is 2. The van der Waals surface area contributed by atoms with E-state index in [0.29, 0.717) is 11.3 Å². The molecule has 2 rings (SSSR count). The second-order valence-corrected chi connectivity index (χ2v) is 4.79. The minimum absolute atomic E-state index is 0.0547. The van der Waals surface area contributed by atoms with Gasteiger partial charge < -0.3 is 9.84 Å². The van der Waals surface area contributed by atoms with E-state index in [2.05, 4.69) is 0 Å². The van der Waals surface area contributed by atoms with Gasteiger partial charge >= 0.3 is 0 Å². The highest BCUT2D eigenvalue weighted by molar-refractivity contribution is 6.06. The first kappa shape index (κ1) is 15.0. The predicted octanol–water partition coefficient (Wildman–Crippen LogP) is 3.34. The third-order valence-corrected chi connectivity index (χ3v) is 2.86. The van der Waals surface area contributed by atoms with E-state index >= 15 is 0 Å². The number of allylic oxidation sites excluding steroid dienone is 1. The first-order valence-corrected chi connectivity index (χ1v) is 6.83. The second-order valence-electron chi connectivity index (χ2n) is 4.79. The molecule has 0 saturated carbocycles. The topological polar surface area (TPSA) is 46.5 Å². The average molecular weight is 282 g/mol. The van der Waals surface area contributed by atoms with Crippen molar-refractivity contribution < 1.29 is 14.6 Å². The summed E-state index contributed by atoms with van der Waals surface area (Å²) < 4.78 is 5.35. The highest BCUT2D eigenvalue weighted by atomic mass is 16.5. The maximum atomic E-state index is 12.0. The maximum absolute atomic E-state index is 12.0. The van der Waals surface area contributed by atoms with Crippen LogP contribution in [0.1, 0.15) is 22.8 Å². The summed E-state index contributed by atoms with van der Waals surface area (Å²) in [5, 5.41) is 9.15. The number of carbonyl (C=O) groups excluding carboxylic acids is 1. The van der Waals surface area contributed by atoms with Crippen molar-refractivity contribution in [1.29, 1.82) is 0 Å². The third-order valence-electron chi connectivity index (χ3n) is 2.86. The van der Waals surface area contributed by atoms with Gasteiger partial charge in [0.05, 0.1) is 6.10 Å². The number of ether oxygens (including phenoxy) is 1. The van der Waals surface area contributed by atoms with E-state index in [1.54, 1.807) is 43.3 Å². The number of hydrogen-bond donors (Lipinski definition) is 1. The molecule has 0 bridgehead atoms. The Kier molecular flexibility index (Phi) is 5.29. The highest BCUT2D eigenvalue weighted by Crippen LogP contribution is 2.13. The van der Waals surface area contributed by atoms with Crippen molar-refractivity contribution >= 4 is 11.9 Å². The van der Waals surface area contributed by atoms with Crippen molar-refractivity contribution in [3.05, 3.63) is 71.8 Å². The quantitative estimate of drug-likeness (QED) is 0.653. The number of ketones is 1. The fourth-order valence-electron chi connectivity index (χ4n) is 1.76. The Labute approximate surface area is 124 Å². The summed E-state index contributed by atoms with van der Waals surface area (Å²) in [7, 11) is 0. The molecule has 1 atom stereocenters. The van der Waals surface area contributed by atoms with Gasteiger partial charge in [-0.3, -0.25) is 4.79 Å². The van der Waals surface area contributed by atoms with Crippen LogP contribution in [-0.2, 0) is 0 Å². The van der Waals surface area contributed by atoms with E-state index in [1.165, 1.54) is 0 Å². The van der Waals surface area contributed by atoms with Crippen LogP contribution in [0.15, 0.2) is 60.7 Å². The molecule has 0 aliphatic carbocycles. The smallest absolute Gasteiger partial charge is 0.185 e. The van der Waals surface area contributed by atoms with Gasteiger partial charge in [-0.05, 0) is 42.8 Å². The molecule has 0 saturated heterocycles. The third kappa shape index (κ3) is 4.89. The summed E-state index contributed by atoms with van der Waals surface area (Å²) in [4.78, 5) is 12.0. The summed E-state index contributed by atoms with van der Waals surface area (Å²) in [5.41, 5.74) is 1.59. The maximum Gasteiger partial charge on any atom is 0.185 e. The number of rotatable bonds is 6. The summed E-state index contributed by atoms with van der Waals surface area (Å²) in [6.07, 6.45) is 2.83. The number of aliphatic hydroxyl groups is 1. The van der Waals surface area contributed by atoms with Gasteiger partial charge in [0.1, 0.15) is 12.4 Å². The molecule has 1 N–H and O–H groups in total. The van der Waals surface area contributed by atoms with E-state index in [-0.39, 0.29) is 12.4 Å². The van der Waals surface area contributed by atoms with Crippen LogP contribution in [0.3, 0.4) is 0 Å². The van der Waals surface area contributed by atoms with Crippen molar-refractivity contribution in [1.82, 2.24) is 0 Å². The molecule has 0 heterocycles. The molecule has 3 nitrogen and oxygen atoms in total. The van der Waals surface area contributed by atoms with Crippen LogP contribution in [0.4, 0.5) is 0 Å². The van der Waals surface area contributed by atoms with Crippen LogP contribution >= 0.6 is 0 Å². The molecule has 2 aromatic carbocycles. The standard InChI is InChI=1S/C18H18O3/c1-14(19)13-21-17-10-8-16(9-11-17)18(20)12-7-15-5-3-2-4-6-15/h2-12,14,19H,13H2,1H3. The van der Waals surface area contributed by atoms with Gasteiger partial charge in [0, 0.05) is 5.56 Å². The van der Waals surface area contributed by atoms with Gasteiger partial charge in [-0.2, -0.15) is 0 Å². The molecule has 108 valence electrons. The molecular formula is C18H18O3. The molecular weight excluding hydrogens is 264 g/mol. The summed E-state index contributed by atoms with van der Waals surface area (Å²) in [6, 6.07) is 16.6. The average Bonchev–Trinajstić information content (AvgIpc) is 2.52. The van der Waals surface area contributed by atoms with Crippen LogP contribution in [-0.4, -0.2) is 23.6 Å². The van der Waals surface area contributed by atoms with Crippen molar-refractivity contribution in [3.63, 3.8) is 0 Å². The van der Waals surface area contributed by atoms with Crippen molar-refractivity contribution in [3.8, 4) is 5.75 Å². The lowest BCUT2D eigenvalue weighted by Gasteiger charge is -2.08. The summed E-state index contributed by atoms with van der Waals surface area (Å²) in [5.74, 6) is 0.584. The highest BCUT2D eigenvalue weighted by Gasteiger charge is 2.03. The van der Waals surface area contributed by atoms with Crippen molar-refractivity contribution in [2.24, 2.45) is 0 Å². The molecule has 0 aliphatic rings. The minimum atomic E-state index is -0.514. The Morgan fingerprint density at radius 2 is 1.81 bits per heavy atom. The lowest BCUT2D eigenvalue weighted by Crippen LogP contribution is -2.12. The first-order chi connectivity index (χ1) is 10.1.